The lowest BCUT2D eigenvalue weighted by Crippen LogP contribution is -2.24. The van der Waals surface area contributed by atoms with Crippen molar-refractivity contribution in [3.63, 3.8) is 0 Å². The molecule has 0 bridgehead atoms. The molecule has 2 aliphatic rings. The van der Waals surface area contributed by atoms with Gasteiger partial charge in [0, 0.05) is 6.54 Å². The van der Waals surface area contributed by atoms with Gasteiger partial charge in [0.2, 0.25) is 0 Å². The van der Waals surface area contributed by atoms with E-state index in [0.29, 0.717) is 17.6 Å². The summed E-state index contributed by atoms with van der Waals surface area (Å²) in [6.07, 6.45) is 7.72. The summed E-state index contributed by atoms with van der Waals surface area (Å²) in [7, 11) is 2.05. The lowest BCUT2D eigenvalue weighted by Gasteiger charge is -2.19. The van der Waals surface area contributed by atoms with Gasteiger partial charge in [-0.1, -0.05) is 0 Å². The van der Waals surface area contributed by atoms with Crippen molar-refractivity contribution in [2.45, 2.75) is 51.2 Å². The van der Waals surface area contributed by atoms with Crippen molar-refractivity contribution in [2.75, 3.05) is 13.6 Å². The second-order valence-corrected chi connectivity index (χ2v) is 4.88. The van der Waals surface area contributed by atoms with Gasteiger partial charge < -0.3 is 10.1 Å². The molecule has 1 N–H and O–H groups in total. The van der Waals surface area contributed by atoms with Gasteiger partial charge >= 0.3 is 0 Å². The van der Waals surface area contributed by atoms with Crippen LogP contribution in [-0.2, 0) is 4.74 Å². The highest BCUT2D eigenvalue weighted by molar-refractivity contribution is 4.97. The normalized spacial score (nSPS) is 36.5. The summed E-state index contributed by atoms with van der Waals surface area (Å²) in [5.41, 5.74) is 0.615. The molecule has 0 aromatic rings. The monoisotopic (exact) mass is 183 g/mol. The number of rotatable bonds is 4. The molecule has 2 heteroatoms. The number of nitrogens with one attached hydrogen (secondary N) is 1. The quantitative estimate of drug-likeness (QED) is 0.719. The number of hydrogen-bond donors (Lipinski definition) is 1. The Balaban J connectivity index is 1.77. The molecule has 76 valence electrons. The zero-order valence-electron chi connectivity index (χ0n) is 8.81. The molecule has 1 saturated heterocycles. The minimum atomic E-state index is 0.510. The third-order valence-electron chi connectivity index (χ3n) is 3.49. The van der Waals surface area contributed by atoms with Crippen LogP contribution in [0, 0.1) is 5.41 Å². The molecule has 0 spiro atoms. The predicted molar refractivity (Wildman–Crippen MR) is 53.8 cm³/mol. The van der Waals surface area contributed by atoms with E-state index in [2.05, 4.69) is 19.3 Å². The van der Waals surface area contributed by atoms with E-state index in [9.17, 15) is 0 Å². The second kappa shape index (κ2) is 3.58. The Kier molecular flexibility index (Phi) is 2.61. The molecule has 0 amide bonds. The summed E-state index contributed by atoms with van der Waals surface area (Å²) in [6.45, 7) is 3.37. The van der Waals surface area contributed by atoms with Crippen molar-refractivity contribution in [1.82, 2.24) is 5.32 Å². The van der Waals surface area contributed by atoms with Crippen molar-refractivity contribution in [3.05, 3.63) is 0 Å². The Morgan fingerprint density at radius 1 is 1.38 bits per heavy atom. The first-order valence-electron chi connectivity index (χ1n) is 5.54. The predicted octanol–water partition coefficient (Wildman–Crippen LogP) is 1.94. The summed E-state index contributed by atoms with van der Waals surface area (Å²) in [5, 5.41) is 3.30. The highest BCUT2D eigenvalue weighted by atomic mass is 16.5. The van der Waals surface area contributed by atoms with Gasteiger partial charge in [0.05, 0.1) is 12.2 Å². The van der Waals surface area contributed by atoms with Crippen LogP contribution in [0.2, 0.25) is 0 Å². The Hall–Kier alpha value is -0.0800. The zero-order valence-corrected chi connectivity index (χ0v) is 8.81. The fourth-order valence-corrected chi connectivity index (χ4v) is 2.52. The van der Waals surface area contributed by atoms with Gasteiger partial charge in [0.1, 0.15) is 0 Å². The van der Waals surface area contributed by atoms with Crippen LogP contribution in [0.1, 0.15) is 39.0 Å². The first-order valence-corrected chi connectivity index (χ1v) is 5.54. The van der Waals surface area contributed by atoms with E-state index in [1.807, 2.05) is 0 Å². The highest BCUT2D eigenvalue weighted by Gasteiger charge is 2.44. The van der Waals surface area contributed by atoms with E-state index in [1.165, 1.54) is 38.6 Å². The third kappa shape index (κ3) is 2.23. The largest absolute Gasteiger partial charge is 0.375 e. The molecule has 2 rings (SSSR count). The van der Waals surface area contributed by atoms with Gasteiger partial charge in [0.25, 0.3) is 0 Å². The van der Waals surface area contributed by atoms with E-state index in [1.54, 1.807) is 0 Å². The maximum atomic E-state index is 5.86. The molecule has 13 heavy (non-hydrogen) atoms. The molecule has 0 radical (unpaired) electrons. The van der Waals surface area contributed by atoms with Gasteiger partial charge in [-0.05, 0) is 51.5 Å². The first-order chi connectivity index (χ1) is 6.24. The first kappa shape index (κ1) is 9.47. The fourth-order valence-electron chi connectivity index (χ4n) is 2.52. The van der Waals surface area contributed by atoms with E-state index in [4.69, 9.17) is 4.74 Å². The molecular formula is C11H21NO. The summed E-state index contributed by atoms with van der Waals surface area (Å²) >= 11 is 0. The van der Waals surface area contributed by atoms with E-state index in [0.717, 1.165) is 0 Å². The molecule has 0 aromatic carbocycles. The van der Waals surface area contributed by atoms with Crippen molar-refractivity contribution >= 4 is 0 Å². The van der Waals surface area contributed by atoms with Crippen molar-refractivity contribution in [1.29, 1.82) is 0 Å². The van der Waals surface area contributed by atoms with E-state index in [-0.39, 0.29) is 0 Å². The summed E-state index contributed by atoms with van der Waals surface area (Å²) in [4.78, 5) is 0. The molecule has 1 aliphatic carbocycles. The van der Waals surface area contributed by atoms with Crippen LogP contribution in [0.15, 0.2) is 0 Å². The Labute approximate surface area is 81.0 Å². The van der Waals surface area contributed by atoms with Crippen molar-refractivity contribution in [3.8, 4) is 0 Å². The average molecular weight is 183 g/mol. The Morgan fingerprint density at radius 3 is 2.62 bits per heavy atom. The smallest absolute Gasteiger partial charge is 0.0585 e. The lowest BCUT2D eigenvalue weighted by molar-refractivity contribution is 0.0380. The molecule has 1 saturated carbocycles. The minimum absolute atomic E-state index is 0.510. The third-order valence-corrected chi connectivity index (χ3v) is 3.49. The Bertz CT molecular complexity index is 177. The van der Waals surface area contributed by atoms with Crippen LogP contribution in [0.4, 0.5) is 0 Å². The molecule has 2 atom stereocenters. The van der Waals surface area contributed by atoms with Gasteiger partial charge in [-0.25, -0.2) is 0 Å². The summed E-state index contributed by atoms with van der Waals surface area (Å²) in [6, 6.07) is 0. The van der Waals surface area contributed by atoms with Crippen LogP contribution in [0.25, 0.3) is 0 Å². The highest BCUT2D eigenvalue weighted by Crippen LogP contribution is 2.50. The van der Waals surface area contributed by atoms with E-state index >= 15 is 0 Å². The van der Waals surface area contributed by atoms with Crippen LogP contribution in [0.5, 0.6) is 0 Å². The van der Waals surface area contributed by atoms with Crippen LogP contribution in [-0.4, -0.2) is 25.8 Å². The Morgan fingerprint density at radius 2 is 2.15 bits per heavy atom. The molecule has 1 aliphatic heterocycles. The number of ether oxygens (including phenoxy) is 1. The standard InChI is InChI=1S/C11H21NO/c1-9-3-4-10(13-9)7-11(5-6-11)8-12-2/h9-10,12H,3-8H2,1-2H3. The van der Waals surface area contributed by atoms with Crippen molar-refractivity contribution < 1.29 is 4.74 Å². The van der Waals surface area contributed by atoms with Gasteiger partial charge in [-0.2, -0.15) is 0 Å². The van der Waals surface area contributed by atoms with E-state index < -0.39 is 0 Å². The van der Waals surface area contributed by atoms with Crippen molar-refractivity contribution in [2.24, 2.45) is 5.41 Å². The fraction of sp³-hybridized carbons (Fsp3) is 1.00. The SMILES string of the molecule is CNCC1(CC2CCC(C)O2)CC1. The topological polar surface area (TPSA) is 21.3 Å². The zero-order chi connectivity index (χ0) is 9.31. The molecule has 1 heterocycles. The number of hydrogen-bond acceptors (Lipinski definition) is 2. The van der Waals surface area contributed by atoms with Gasteiger partial charge in [0.15, 0.2) is 0 Å². The molecule has 2 unspecified atom stereocenters. The second-order valence-electron chi connectivity index (χ2n) is 4.88. The minimum Gasteiger partial charge on any atom is -0.375 e. The summed E-state index contributed by atoms with van der Waals surface area (Å²) in [5.74, 6) is 0. The van der Waals surface area contributed by atoms with Gasteiger partial charge in [-0.15, -0.1) is 0 Å². The van der Waals surface area contributed by atoms with Crippen LogP contribution in [0.3, 0.4) is 0 Å². The molecule has 2 nitrogen and oxygen atoms in total. The van der Waals surface area contributed by atoms with Crippen LogP contribution >= 0.6 is 0 Å². The maximum Gasteiger partial charge on any atom is 0.0585 e. The average Bonchev–Trinajstić information content (AvgIpc) is 2.70. The van der Waals surface area contributed by atoms with Gasteiger partial charge in [-0.3, -0.25) is 0 Å². The van der Waals surface area contributed by atoms with Crippen LogP contribution < -0.4 is 5.32 Å². The maximum absolute atomic E-state index is 5.86. The molecule has 0 aromatic heterocycles. The lowest BCUT2D eigenvalue weighted by atomic mass is 9.97. The summed E-state index contributed by atoms with van der Waals surface area (Å²) < 4.78 is 5.86. The molecule has 2 fully saturated rings. The molecular weight excluding hydrogens is 162 g/mol.